The second-order valence-corrected chi connectivity index (χ2v) is 6.68. The van der Waals surface area contributed by atoms with Crippen molar-refractivity contribution in [1.29, 1.82) is 0 Å². The quantitative estimate of drug-likeness (QED) is 0.621. The topological polar surface area (TPSA) is 57.8 Å². The largest absolute Gasteiger partial charge is 0.422 e. The van der Waals surface area contributed by atoms with Crippen LogP contribution in [0.4, 0.5) is 10.4 Å². The molecule has 3 aliphatic heterocycles. The molecule has 0 saturated carbocycles. The maximum atomic E-state index is 13.1. The van der Waals surface area contributed by atoms with Gasteiger partial charge in [0.15, 0.2) is 5.58 Å². The van der Waals surface area contributed by atoms with Gasteiger partial charge in [0, 0.05) is 44.0 Å². The van der Waals surface area contributed by atoms with E-state index in [-0.39, 0.29) is 0 Å². The molecule has 0 radical (unpaired) electrons. The van der Waals surface area contributed by atoms with Crippen molar-refractivity contribution in [2.45, 2.75) is 25.8 Å². The minimum atomic E-state index is -0.553. The Bertz CT molecular complexity index is 879. The molecule has 3 fully saturated rings. The number of aromatic nitrogens is 2. The first-order chi connectivity index (χ1) is 12.6. The number of allylic oxidation sites excluding steroid dienone is 2. The van der Waals surface area contributed by atoms with Gasteiger partial charge in [0.1, 0.15) is 0 Å². The molecule has 5 rings (SSSR count). The van der Waals surface area contributed by atoms with Gasteiger partial charge < -0.3 is 14.2 Å². The summed E-state index contributed by atoms with van der Waals surface area (Å²) >= 11 is 0. The van der Waals surface area contributed by atoms with Crippen LogP contribution in [0.15, 0.2) is 40.1 Å². The molecular formula is C19H22FN5O. The van der Waals surface area contributed by atoms with Crippen LogP contribution in [-0.2, 0) is 0 Å². The summed E-state index contributed by atoms with van der Waals surface area (Å²) in [6, 6.07) is 4.74. The molecule has 26 heavy (non-hydrogen) atoms. The van der Waals surface area contributed by atoms with Crippen LogP contribution >= 0.6 is 0 Å². The third kappa shape index (κ3) is 3.26. The van der Waals surface area contributed by atoms with Crippen LogP contribution < -0.4 is 4.90 Å². The highest BCUT2D eigenvalue weighted by molar-refractivity contribution is 6.08. The fraction of sp³-hybridized carbons (Fsp3) is 0.421. The lowest BCUT2D eigenvalue weighted by Crippen LogP contribution is -2.38. The predicted octanol–water partition coefficient (Wildman–Crippen LogP) is 3.42. The molecular weight excluding hydrogens is 333 g/mol. The van der Waals surface area contributed by atoms with E-state index in [1.54, 1.807) is 13.0 Å². The number of aliphatic imine (C=N–C) groups is 1. The highest BCUT2D eigenvalue weighted by Gasteiger charge is 2.31. The Balaban J connectivity index is 1.60. The Labute approximate surface area is 151 Å². The van der Waals surface area contributed by atoms with Gasteiger partial charge in [-0.2, -0.15) is 9.37 Å². The summed E-state index contributed by atoms with van der Waals surface area (Å²) in [5, 5.41) is 0. The molecule has 0 atom stereocenters. The van der Waals surface area contributed by atoms with Crippen LogP contribution in [0.5, 0.6) is 0 Å². The number of pyridine rings is 1. The summed E-state index contributed by atoms with van der Waals surface area (Å²) in [5.74, 6) is -0.553. The zero-order valence-corrected chi connectivity index (χ0v) is 14.9. The van der Waals surface area contributed by atoms with Gasteiger partial charge in [-0.05, 0) is 38.0 Å². The van der Waals surface area contributed by atoms with E-state index >= 15 is 0 Å². The maximum Gasteiger partial charge on any atom is 0.300 e. The third-order valence-electron chi connectivity index (χ3n) is 5.05. The SMILES string of the molecule is C=C(C=N/C(F)=C\C)c1ccc2oc(N3CCN4CCC3CC4)nc2n1. The summed E-state index contributed by atoms with van der Waals surface area (Å²) in [6.07, 6.45) is 4.93. The molecule has 6 nitrogen and oxygen atoms in total. The van der Waals surface area contributed by atoms with E-state index in [1.165, 1.54) is 12.3 Å². The summed E-state index contributed by atoms with van der Waals surface area (Å²) in [6.45, 7) is 9.74. The summed E-state index contributed by atoms with van der Waals surface area (Å²) in [7, 11) is 0. The fourth-order valence-electron chi connectivity index (χ4n) is 3.53. The Morgan fingerprint density at radius 3 is 2.85 bits per heavy atom. The highest BCUT2D eigenvalue weighted by atomic mass is 19.1. The van der Waals surface area contributed by atoms with Crippen LogP contribution in [0.2, 0.25) is 0 Å². The zero-order valence-electron chi connectivity index (χ0n) is 14.9. The first-order valence-electron chi connectivity index (χ1n) is 8.96. The fourth-order valence-corrected chi connectivity index (χ4v) is 3.53. The molecule has 0 N–H and O–H groups in total. The second-order valence-electron chi connectivity index (χ2n) is 6.68. The number of rotatable bonds is 4. The predicted molar refractivity (Wildman–Crippen MR) is 101 cm³/mol. The van der Waals surface area contributed by atoms with E-state index in [1.807, 2.05) is 6.07 Å². The van der Waals surface area contributed by atoms with E-state index in [9.17, 15) is 4.39 Å². The standard InChI is InChI=1S/C19H22FN5O/c1-3-17(20)21-12-13(2)15-4-5-16-18(22-15)23-19(26-16)25-11-10-24-8-6-14(25)7-9-24/h3-5,12,14H,2,6-11H2,1H3/b17-3-,21-12?. The summed E-state index contributed by atoms with van der Waals surface area (Å²) in [5.41, 5.74) is 2.31. The molecule has 3 aliphatic rings. The number of hydrogen-bond donors (Lipinski definition) is 0. The van der Waals surface area contributed by atoms with Gasteiger partial charge >= 0.3 is 0 Å². The van der Waals surface area contributed by atoms with Crippen molar-refractivity contribution in [3.8, 4) is 0 Å². The minimum absolute atomic E-state index is 0.479. The van der Waals surface area contributed by atoms with Crippen LogP contribution in [-0.4, -0.2) is 53.3 Å². The number of fused-ring (bicyclic) bond motifs is 5. The van der Waals surface area contributed by atoms with Crippen LogP contribution in [0.1, 0.15) is 25.5 Å². The van der Waals surface area contributed by atoms with Crippen molar-refractivity contribution in [3.63, 3.8) is 0 Å². The van der Waals surface area contributed by atoms with Crippen LogP contribution in [0.25, 0.3) is 16.8 Å². The van der Waals surface area contributed by atoms with E-state index in [0.29, 0.717) is 34.6 Å². The Morgan fingerprint density at radius 1 is 1.27 bits per heavy atom. The summed E-state index contributed by atoms with van der Waals surface area (Å²) in [4.78, 5) is 17.6. The van der Waals surface area contributed by atoms with Crippen molar-refractivity contribution in [3.05, 3.63) is 36.4 Å². The molecule has 136 valence electrons. The number of hydrogen-bond acceptors (Lipinski definition) is 6. The first kappa shape index (κ1) is 16.9. The molecule has 7 heteroatoms. The van der Waals surface area contributed by atoms with Crippen molar-refractivity contribution in [2.24, 2.45) is 4.99 Å². The molecule has 2 aromatic heterocycles. The number of oxazole rings is 1. The van der Waals surface area contributed by atoms with Crippen molar-refractivity contribution >= 4 is 29.0 Å². The Hall–Kier alpha value is -2.54. The van der Waals surface area contributed by atoms with E-state index < -0.39 is 5.95 Å². The van der Waals surface area contributed by atoms with Gasteiger partial charge in [0.25, 0.3) is 6.01 Å². The van der Waals surface area contributed by atoms with Gasteiger partial charge in [0.2, 0.25) is 11.6 Å². The van der Waals surface area contributed by atoms with Gasteiger partial charge in [-0.15, -0.1) is 0 Å². The van der Waals surface area contributed by atoms with Gasteiger partial charge in [-0.25, -0.2) is 9.98 Å². The molecule has 0 unspecified atom stereocenters. The van der Waals surface area contributed by atoms with E-state index in [2.05, 4.69) is 31.3 Å². The monoisotopic (exact) mass is 355 g/mol. The lowest BCUT2D eigenvalue weighted by atomic mass is 10.1. The molecule has 3 saturated heterocycles. The molecule has 0 aliphatic carbocycles. The molecule has 0 aromatic carbocycles. The smallest absolute Gasteiger partial charge is 0.300 e. The Kier molecular flexibility index (Phi) is 4.55. The molecule has 0 amide bonds. The van der Waals surface area contributed by atoms with Gasteiger partial charge in [-0.3, -0.25) is 0 Å². The van der Waals surface area contributed by atoms with E-state index in [4.69, 9.17) is 4.42 Å². The van der Waals surface area contributed by atoms with E-state index in [0.717, 1.165) is 39.0 Å². The maximum absolute atomic E-state index is 13.1. The minimum Gasteiger partial charge on any atom is -0.422 e. The number of nitrogens with zero attached hydrogens (tertiary/aromatic N) is 5. The molecule has 2 bridgehead atoms. The second kappa shape index (κ2) is 6.99. The van der Waals surface area contributed by atoms with Gasteiger partial charge in [0.05, 0.1) is 5.69 Å². The normalized spacial score (nSPS) is 23.8. The van der Waals surface area contributed by atoms with Crippen molar-refractivity contribution in [1.82, 2.24) is 14.9 Å². The van der Waals surface area contributed by atoms with Gasteiger partial charge in [-0.1, -0.05) is 6.58 Å². The van der Waals surface area contributed by atoms with Crippen molar-refractivity contribution in [2.75, 3.05) is 31.1 Å². The summed E-state index contributed by atoms with van der Waals surface area (Å²) < 4.78 is 19.1. The zero-order chi connectivity index (χ0) is 18.1. The number of piperidine rings is 1. The average molecular weight is 355 g/mol. The lowest BCUT2D eigenvalue weighted by molar-refractivity contribution is 0.249. The number of anilines is 1. The molecule has 5 heterocycles. The molecule has 2 aromatic rings. The van der Waals surface area contributed by atoms with Crippen LogP contribution in [0, 0.1) is 0 Å². The van der Waals surface area contributed by atoms with Crippen molar-refractivity contribution < 1.29 is 8.81 Å². The molecule has 0 spiro atoms. The van der Waals surface area contributed by atoms with Crippen LogP contribution in [0.3, 0.4) is 0 Å². The Morgan fingerprint density at radius 2 is 2.08 bits per heavy atom. The number of halogens is 1. The third-order valence-corrected chi connectivity index (χ3v) is 5.05. The highest BCUT2D eigenvalue weighted by Crippen LogP contribution is 2.29. The average Bonchev–Trinajstić information content (AvgIpc) is 2.85. The lowest BCUT2D eigenvalue weighted by Gasteiger charge is -2.30. The first-order valence-corrected chi connectivity index (χ1v) is 8.96.